The summed E-state index contributed by atoms with van der Waals surface area (Å²) in [6, 6.07) is 6.76. The van der Waals surface area contributed by atoms with Gasteiger partial charge in [0.05, 0.1) is 4.92 Å². The van der Waals surface area contributed by atoms with Crippen molar-refractivity contribution >= 4 is 11.6 Å². The van der Waals surface area contributed by atoms with Gasteiger partial charge in [0.1, 0.15) is 0 Å². The molecule has 0 aliphatic heterocycles. The molecule has 20 heavy (non-hydrogen) atoms. The van der Waals surface area contributed by atoms with Gasteiger partial charge < -0.3 is 11.1 Å². The topological polar surface area (TPSA) is 98.3 Å². The van der Waals surface area contributed by atoms with Crippen LogP contribution in [0.15, 0.2) is 24.3 Å². The Balaban J connectivity index is 2.51. The summed E-state index contributed by atoms with van der Waals surface area (Å²) in [5, 5.41) is 14.1. The Morgan fingerprint density at radius 3 is 2.80 bits per heavy atom. The van der Waals surface area contributed by atoms with Crippen molar-refractivity contribution in [3.63, 3.8) is 0 Å². The van der Waals surface area contributed by atoms with E-state index in [-0.39, 0.29) is 22.6 Å². The summed E-state index contributed by atoms with van der Waals surface area (Å²) in [4.78, 5) is 21.0. The second-order valence-corrected chi connectivity index (χ2v) is 4.69. The van der Waals surface area contributed by atoms with Crippen molar-refractivity contribution in [1.29, 1.82) is 0 Å². The molecule has 0 heterocycles. The Morgan fingerprint density at radius 1 is 1.45 bits per heavy atom. The Bertz CT molecular complexity index is 463. The third-order valence-electron chi connectivity index (χ3n) is 3.13. The van der Waals surface area contributed by atoms with Gasteiger partial charge in [0.2, 0.25) is 5.91 Å². The number of nitrogens with two attached hydrogens (primary N) is 1. The molecular weight excluding hydrogens is 258 g/mol. The van der Waals surface area contributed by atoms with E-state index in [0.29, 0.717) is 6.42 Å². The third kappa shape index (κ3) is 5.36. The van der Waals surface area contributed by atoms with Crippen molar-refractivity contribution in [2.24, 2.45) is 5.73 Å². The minimum atomic E-state index is -0.386. The van der Waals surface area contributed by atoms with E-state index in [4.69, 9.17) is 5.73 Å². The van der Waals surface area contributed by atoms with Gasteiger partial charge in [0.25, 0.3) is 5.69 Å². The highest BCUT2D eigenvalue weighted by Crippen LogP contribution is 2.21. The number of carbonyl (C=O) groups is 1. The maximum atomic E-state index is 10.8. The molecule has 1 aromatic rings. The van der Waals surface area contributed by atoms with Crippen LogP contribution in [-0.4, -0.2) is 17.4 Å². The van der Waals surface area contributed by atoms with Gasteiger partial charge in [-0.1, -0.05) is 19.1 Å². The summed E-state index contributed by atoms with van der Waals surface area (Å²) in [5.41, 5.74) is 6.09. The molecule has 1 aromatic carbocycles. The molecule has 0 aliphatic rings. The summed E-state index contributed by atoms with van der Waals surface area (Å²) in [6.45, 7) is 2.79. The Kier molecular flexibility index (Phi) is 6.66. The first kappa shape index (κ1) is 16.1. The van der Waals surface area contributed by atoms with Crippen LogP contribution >= 0.6 is 0 Å². The molecule has 0 bridgehead atoms. The van der Waals surface area contributed by atoms with Crippen LogP contribution in [0.1, 0.15) is 44.2 Å². The number of hydrogen-bond acceptors (Lipinski definition) is 4. The number of nitrogens with zero attached hydrogens (tertiary/aromatic N) is 1. The molecule has 1 unspecified atom stereocenters. The molecule has 0 radical (unpaired) electrons. The summed E-state index contributed by atoms with van der Waals surface area (Å²) in [5.74, 6) is -0.282. The first-order valence-corrected chi connectivity index (χ1v) is 6.80. The number of non-ortho nitro benzene ring substituents is 1. The highest BCUT2D eigenvalue weighted by molar-refractivity contribution is 5.73. The van der Waals surface area contributed by atoms with Crippen LogP contribution in [0, 0.1) is 10.1 Å². The number of benzene rings is 1. The van der Waals surface area contributed by atoms with Crippen LogP contribution in [0.25, 0.3) is 0 Å². The molecule has 1 amide bonds. The first-order chi connectivity index (χ1) is 9.54. The number of nitrogens with one attached hydrogen (secondary N) is 1. The zero-order chi connectivity index (χ0) is 15.0. The minimum absolute atomic E-state index is 0.0866. The second-order valence-electron chi connectivity index (χ2n) is 4.69. The number of rotatable bonds is 9. The zero-order valence-corrected chi connectivity index (χ0v) is 11.7. The van der Waals surface area contributed by atoms with Gasteiger partial charge in [-0.2, -0.15) is 0 Å². The number of nitro groups is 1. The van der Waals surface area contributed by atoms with E-state index in [9.17, 15) is 14.9 Å². The fraction of sp³-hybridized carbons (Fsp3) is 0.500. The quantitative estimate of drug-likeness (QED) is 0.411. The summed E-state index contributed by atoms with van der Waals surface area (Å²) < 4.78 is 0. The van der Waals surface area contributed by atoms with Crippen LogP contribution < -0.4 is 11.1 Å². The van der Waals surface area contributed by atoms with Crippen molar-refractivity contribution in [3.05, 3.63) is 39.9 Å². The van der Waals surface area contributed by atoms with Crippen molar-refractivity contribution < 1.29 is 9.72 Å². The first-order valence-electron chi connectivity index (χ1n) is 6.80. The number of amides is 1. The fourth-order valence-electron chi connectivity index (χ4n) is 2.05. The molecular formula is C14H21N3O3. The van der Waals surface area contributed by atoms with E-state index < -0.39 is 0 Å². The van der Waals surface area contributed by atoms with Crippen molar-refractivity contribution in [1.82, 2.24) is 5.32 Å². The highest BCUT2D eigenvalue weighted by Gasteiger charge is 2.12. The lowest BCUT2D eigenvalue weighted by molar-refractivity contribution is -0.384. The van der Waals surface area contributed by atoms with E-state index in [2.05, 4.69) is 5.32 Å². The molecule has 1 atom stereocenters. The smallest absolute Gasteiger partial charge is 0.269 e. The molecule has 0 aromatic heterocycles. The van der Waals surface area contributed by atoms with Gasteiger partial charge in [-0.25, -0.2) is 0 Å². The molecule has 1 rings (SSSR count). The number of unbranched alkanes of at least 4 members (excludes halogenated alkanes) is 1. The summed E-state index contributed by atoms with van der Waals surface area (Å²) in [7, 11) is 0. The van der Waals surface area contributed by atoms with E-state index in [1.54, 1.807) is 12.1 Å². The Labute approximate surface area is 118 Å². The lowest BCUT2D eigenvalue weighted by Crippen LogP contribution is -2.22. The van der Waals surface area contributed by atoms with Crippen LogP contribution in [0.3, 0.4) is 0 Å². The number of carbonyl (C=O) groups excluding carboxylic acids is 1. The maximum Gasteiger partial charge on any atom is 0.269 e. The molecule has 6 nitrogen and oxygen atoms in total. The fourth-order valence-corrected chi connectivity index (χ4v) is 2.05. The molecule has 0 spiro atoms. The van der Waals surface area contributed by atoms with Gasteiger partial charge >= 0.3 is 0 Å². The molecule has 0 aliphatic carbocycles. The van der Waals surface area contributed by atoms with Crippen molar-refractivity contribution in [2.45, 2.75) is 38.6 Å². The van der Waals surface area contributed by atoms with Gasteiger partial charge in [-0.05, 0) is 31.4 Å². The van der Waals surface area contributed by atoms with E-state index >= 15 is 0 Å². The van der Waals surface area contributed by atoms with Crippen LogP contribution in [0.4, 0.5) is 5.69 Å². The van der Waals surface area contributed by atoms with Crippen molar-refractivity contribution in [3.8, 4) is 0 Å². The SMILES string of the molecule is CCC(NCCCCC(N)=O)c1cccc([N+](=O)[O-])c1. The van der Waals surface area contributed by atoms with Gasteiger partial charge in [0.15, 0.2) is 0 Å². The molecule has 3 N–H and O–H groups in total. The summed E-state index contributed by atoms with van der Waals surface area (Å²) >= 11 is 0. The van der Waals surface area contributed by atoms with Crippen LogP contribution in [0.2, 0.25) is 0 Å². The number of hydrogen-bond donors (Lipinski definition) is 2. The largest absolute Gasteiger partial charge is 0.370 e. The Morgan fingerprint density at radius 2 is 2.20 bits per heavy atom. The van der Waals surface area contributed by atoms with Crippen LogP contribution in [0.5, 0.6) is 0 Å². The average Bonchev–Trinajstić information content (AvgIpc) is 2.42. The third-order valence-corrected chi connectivity index (χ3v) is 3.13. The van der Waals surface area contributed by atoms with Gasteiger partial charge in [-0.3, -0.25) is 14.9 Å². The Hall–Kier alpha value is -1.95. The predicted octanol–water partition coefficient (Wildman–Crippen LogP) is 2.29. The van der Waals surface area contributed by atoms with Gasteiger partial charge in [-0.15, -0.1) is 0 Å². The lowest BCUT2D eigenvalue weighted by Gasteiger charge is -2.17. The van der Waals surface area contributed by atoms with Gasteiger partial charge in [0, 0.05) is 24.6 Å². The highest BCUT2D eigenvalue weighted by atomic mass is 16.6. The monoisotopic (exact) mass is 279 g/mol. The number of nitro benzene ring substituents is 1. The predicted molar refractivity (Wildman–Crippen MR) is 77.2 cm³/mol. The van der Waals surface area contributed by atoms with Crippen LogP contribution in [-0.2, 0) is 4.79 Å². The minimum Gasteiger partial charge on any atom is -0.370 e. The van der Waals surface area contributed by atoms with E-state index in [1.165, 1.54) is 6.07 Å². The molecule has 6 heteroatoms. The normalized spacial score (nSPS) is 12.1. The number of primary amides is 1. The van der Waals surface area contributed by atoms with Crippen molar-refractivity contribution in [2.75, 3.05) is 6.54 Å². The lowest BCUT2D eigenvalue weighted by atomic mass is 10.0. The molecule has 0 fully saturated rings. The molecule has 0 saturated heterocycles. The second kappa shape index (κ2) is 8.27. The molecule has 110 valence electrons. The standard InChI is InChI=1S/C14H21N3O3/c1-2-13(16-9-4-3-8-14(15)18)11-6-5-7-12(10-11)17(19)20/h5-7,10,13,16H,2-4,8-9H2,1H3,(H2,15,18). The summed E-state index contributed by atoms with van der Waals surface area (Å²) in [6.07, 6.45) is 2.86. The van der Waals surface area contributed by atoms with E-state index in [1.807, 2.05) is 13.0 Å². The maximum absolute atomic E-state index is 10.8. The van der Waals surface area contributed by atoms with E-state index in [0.717, 1.165) is 31.4 Å². The zero-order valence-electron chi connectivity index (χ0n) is 11.7. The average molecular weight is 279 g/mol. The molecule has 0 saturated carbocycles.